The molecule has 148 valence electrons. The fraction of sp³-hybridized carbons (Fsp3) is 0.364. The Kier molecular flexibility index (Phi) is 6.25. The maximum atomic E-state index is 12.9. The number of carbonyl (C=O) groups is 2. The summed E-state index contributed by atoms with van der Waals surface area (Å²) in [6.07, 6.45) is 0. The molecule has 1 heterocycles. The monoisotopic (exact) mass is 399 g/mol. The van der Waals surface area contributed by atoms with Crippen LogP contribution in [0, 0.1) is 13.8 Å². The highest BCUT2D eigenvalue weighted by Gasteiger charge is 2.25. The molecule has 0 atom stereocenters. The number of nitrogens with zero attached hydrogens (tertiary/aromatic N) is 3. The third-order valence-electron chi connectivity index (χ3n) is 5.20. The van der Waals surface area contributed by atoms with Gasteiger partial charge in [-0.15, -0.1) is 0 Å². The Hall–Kier alpha value is -2.53. The molecule has 0 N–H and O–H groups in total. The van der Waals surface area contributed by atoms with Crippen molar-refractivity contribution < 1.29 is 9.59 Å². The molecule has 1 aliphatic rings. The molecule has 0 radical (unpaired) electrons. The van der Waals surface area contributed by atoms with E-state index in [2.05, 4.69) is 36.1 Å². The molecule has 3 rings (SSSR count). The van der Waals surface area contributed by atoms with E-state index in [4.69, 9.17) is 11.6 Å². The predicted molar refractivity (Wildman–Crippen MR) is 114 cm³/mol. The van der Waals surface area contributed by atoms with Gasteiger partial charge in [0.2, 0.25) is 11.8 Å². The smallest absolute Gasteiger partial charge is 0.242 e. The van der Waals surface area contributed by atoms with Crippen LogP contribution in [0.1, 0.15) is 18.1 Å². The van der Waals surface area contributed by atoms with Gasteiger partial charge in [-0.25, -0.2) is 0 Å². The van der Waals surface area contributed by atoms with E-state index >= 15 is 0 Å². The predicted octanol–water partition coefficient (Wildman–Crippen LogP) is 3.66. The second-order valence-electron chi connectivity index (χ2n) is 7.20. The Morgan fingerprint density at radius 3 is 2.36 bits per heavy atom. The molecular weight excluding hydrogens is 374 g/mol. The molecule has 0 unspecified atom stereocenters. The number of benzene rings is 2. The fourth-order valence-electron chi connectivity index (χ4n) is 3.53. The van der Waals surface area contributed by atoms with Gasteiger partial charge < -0.3 is 14.7 Å². The highest BCUT2D eigenvalue weighted by molar-refractivity contribution is 6.31. The van der Waals surface area contributed by atoms with E-state index in [-0.39, 0.29) is 18.4 Å². The van der Waals surface area contributed by atoms with Crippen molar-refractivity contribution in [2.45, 2.75) is 20.8 Å². The molecule has 2 amide bonds. The Bertz CT molecular complexity index is 876. The second kappa shape index (κ2) is 8.65. The van der Waals surface area contributed by atoms with Crippen molar-refractivity contribution in [2.75, 3.05) is 42.5 Å². The number of aryl methyl sites for hydroxylation is 1. The summed E-state index contributed by atoms with van der Waals surface area (Å²) in [5.74, 6) is -0.212. The van der Waals surface area contributed by atoms with Crippen LogP contribution in [0.15, 0.2) is 42.5 Å². The van der Waals surface area contributed by atoms with Gasteiger partial charge in [0.15, 0.2) is 0 Å². The quantitative estimate of drug-likeness (QED) is 0.788. The molecule has 0 saturated carbocycles. The zero-order chi connectivity index (χ0) is 20.3. The molecule has 1 saturated heterocycles. The van der Waals surface area contributed by atoms with Gasteiger partial charge in [0.05, 0.1) is 0 Å². The van der Waals surface area contributed by atoms with Crippen molar-refractivity contribution in [2.24, 2.45) is 0 Å². The van der Waals surface area contributed by atoms with E-state index in [1.165, 1.54) is 23.1 Å². The summed E-state index contributed by atoms with van der Waals surface area (Å²) in [6.45, 7) is 8.30. The zero-order valence-corrected chi connectivity index (χ0v) is 17.4. The lowest BCUT2D eigenvalue weighted by Gasteiger charge is -2.37. The molecular formula is C22H26ClN3O2. The van der Waals surface area contributed by atoms with Crippen molar-refractivity contribution in [3.8, 4) is 0 Å². The molecule has 1 fully saturated rings. The Balaban J connectivity index is 1.65. The standard InChI is InChI=1S/C22H26ClN3O2/c1-16-6-4-7-19(14-16)24-10-12-25(13-11-24)22(28)15-26(18(3)27)21-9-5-8-20(23)17(21)2/h4-9,14H,10-13,15H2,1-3H3. The number of halogens is 1. The Labute approximate surface area is 171 Å². The van der Waals surface area contributed by atoms with Crippen LogP contribution in [-0.4, -0.2) is 49.4 Å². The van der Waals surface area contributed by atoms with Gasteiger partial charge in [0, 0.05) is 49.5 Å². The highest BCUT2D eigenvalue weighted by Crippen LogP contribution is 2.27. The number of piperazine rings is 1. The van der Waals surface area contributed by atoms with Crippen molar-refractivity contribution in [1.29, 1.82) is 0 Å². The molecule has 0 aromatic heterocycles. The molecule has 28 heavy (non-hydrogen) atoms. The van der Waals surface area contributed by atoms with E-state index in [1.807, 2.05) is 17.9 Å². The zero-order valence-electron chi connectivity index (χ0n) is 16.6. The van der Waals surface area contributed by atoms with Crippen LogP contribution in [0.25, 0.3) is 0 Å². The molecule has 0 bridgehead atoms. The third-order valence-corrected chi connectivity index (χ3v) is 5.61. The summed E-state index contributed by atoms with van der Waals surface area (Å²) in [6, 6.07) is 13.8. The average Bonchev–Trinajstić information content (AvgIpc) is 2.68. The van der Waals surface area contributed by atoms with Crippen molar-refractivity contribution in [3.63, 3.8) is 0 Å². The summed E-state index contributed by atoms with van der Waals surface area (Å²) in [4.78, 5) is 30.7. The van der Waals surface area contributed by atoms with Crippen molar-refractivity contribution >= 4 is 34.8 Å². The molecule has 5 nitrogen and oxygen atoms in total. The largest absolute Gasteiger partial charge is 0.368 e. The van der Waals surface area contributed by atoms with Gasteiger partial charge in [-0.1, -0.05) is 29.8 Å². The lowest BCUT2D eigenvalue weighted by atomic mass is 10.1. The molecule has 0 aliphatic carbocycles. The maximum Gasteiger partial charge on any atom is 0.242 e. The number of hydrogen-bond donors (Lipinski definition) is 0. The second-order valence-corrected chi connectivity index (χ2v) is 7.60. The summed E-state index contributed by atoms with van der Waals surface area (Å²) in [5, 5.41) is 0.586. The normalized spacial score (nSPS) is 14.1. The average molecular weight is 400 g/mol. The molecule has 6 heteroatoms. The van der Waals surface area contributed by atoms with Crippen LogP contribution >= 0.6 is 11.6 Å². The lowest BCUT2D eigenvalue weighted by Crippen LogP contribution is -2.52. The topological polar surface area (TPSA) is 43.9 Å². The minimum absolute atomic E-state index is 0.0287. The van der Waals surface area contributed by atoms with Gasteiger partial charge in [0.25, 0.3) is 0 Å². The minimum atomic E-state index is -0.169. The Morgan fingerprint density at radius 1 is 1.04 bits per heavy atom. The summed E-state index contributed by atoms with van der Waals surface area (Å²) in [5.41, 5.74) is 3.90. The molecule has 1 aliphatic heterocycles. The Morgan fingerprint density at radius 2 is 1.71 bits per heavy atom. The van der Waals surface area contributed by atoms with Crippen molar-refractivity contribution in [3.05, 3.63) is 58.6 Å². The van der Waals surface area contributed by atoms with E-state index in [0.29, 0.717) is 23.8 Å². The van der Waals surface area contributed by atoms with Gasteiger partial charge in [0.1, 0.15) is 6.54 Å². The highest BCUT2D eigenvalue weighted by atomic mass is 35.5. The number of carbonyl (C=O) groups excluding carboxylic acids is 2. The van der Waals surface area contributed by atoms with Gasteiger partial charge in [-0.3, -0.25) is 9.59 Å². The molecule has 2 aromatic carbocycles. The number of anilines is 2. The first-order chi connectivity index (χ1) is 13.4. The van der Waals surface area contributed by atoms with Gasteiger partial charge in [-0.2, -0.15) is 0 Å². The van der Waals surface area contributed by atoms with Crippen LogP contribution in [0.5, 0.6) is 0 Å². The third kappa shape index (κ3) is 4.47. The van der Waals surface area contributed by atoms with Gasteiger partial charge >= 0.3 is 0 Å². The van der Waals surface area contributed by atoms with Crippen LogP contribution in [-0.2, 0) is 9.59 Å². The van der Waals surface area contributed by atoms with E-state index < -0.39 is 0 Å². The van der Waals surface area contributed by atoms with Crippen molar-refractivity contribution in [1.82, 2.24) is 4.90 Å². The fourth-order valence-corrected chi connectivity index (χ4v) is 3.70. The maximum absolute atomic E-state index is 12.9. The van der Waals surface area contributed by atoms with Crippen LogP contribution in [0.4, 0.5) is 11.4 Å². The first-order valence-electron chi connectivity index (χ1n) is 9.49. The molecule has 2 aromatic rings. The summed E-state index contributed by atoms with van der Waals surface area (Å²) >= 11 is 6.19. The van der Waals surface area contributed by atoms with Crippen LogP contribution in [0.3, 0.4) is 0 Å². The van der Waals surface area contributed by atoms with Crippen LogP contribution < -0.4 is 9.80 Å². The molecule has 0 spiro atoms. The van der Waals surface area contributed by atoms with E-state index in [0.717, 1.165) is 18.7 Å². The van der Waals surface area contributed by atoms with Gasteiger partial charge in [-0.05, 0) is 49.2 Å². The number of hydrogen-bond acceptors (Lipinski definition) is 3. The SMILES string of the molecule is CC(=O)N(CC(=O)N1CCN(c2cccc(C)c2)CC1)c1cccc(Cl)c1C. The summed E-state index contributed by atoms with van der Waals surface area (Å²) < 4.78 is 0. The number of rotatable bonds is 4. The first-order valence-corrected chi connectivity index (χ1v) is 9.87. The van der Waals surface area contributed by atoms with Crippen LogP contribution in [0.2, 0.25) is 5.02 Å². The lowest BCUT2D eigenvalue weighted by molar-refractivity contribution is -0.131. The summed E-state index contributed by atoms with van der Waals surface area (Å²) in [7, 11) is 0. The minimum Gasteiger partial charge on any atom is -0.368 e. The van der Waals surface area contributed by atoms with E-state index in [9.17, 15) is 9.59 Å². The first kappa shape index (κ1) is 20.2. The number of amides is 2. The van der Waals surface area contributed by atoms with E-state index in [1.54, 1.807) is 12.1 Å².